The van der Waals surface area contributed by atoms with Crippen LogP contribution in [0.15, 0.2) is 63.8 Å². The summed E-state index contributed by atoms with van der Waals surface area (Å²) in [6.45, 7) is 4.45. The molecule has 0 radical (unpaired) electrons. The lowest BCUT2D eigenvalue weighted by molar-refractivity contribution is -0.130. The van der Waals surface area contributed by atoms with E-state index >= 15 is 0 Å². The highest BCUT2D eigenvalue weighted by Gasteiger charge is 2.22. The molecule has 8 heteroatoms. The first-order chi connectivity index (χ1) is 13.7. The van der Waals surface area contributed by atoms with Crippen LogP contribution in [0.1, 0.15) is 4.88 Å². The first-order valence-electron chi connectivity index (χ1n) is 9.13. The van der Waals surface area contributed by atoms with Crippen molar-refractivity contribution < 1.29 is 4.79 Å². The fourth-order valence-corrected chi connectivity index (χ4v) is 5.08. The fraction of sp³-hybridized carbons (Fsp3) is 0.300. The number of thioether (sulfide) groups is 1. The van der Waals surface area contributed by atoms with Gasteiger partial charge in [0.2, 0.25) is 5.91 Å². The third-order valence-electron chi connectivity index (χ3n) is 4.72. The van der Waals surface area contributed by atoms with Crippen molar-refractivity contribution in [2.45, 2.75) is 11.7 Å². The van der Waals surface area contributed by atoms with Gasteiger partial charge in [0.1, 0.15) is 0 Å². The van der Waals surface area contributed by atoms with Crippen LogP contribution in [0, 0.1) is 0 Å². The number of amides is 1. The van der Waals surface area contributed by atoms with Crippen molar-refractivity contribution in [2.24, 2.45) is 0 Å². The predicted octanol–water partition coefficient (Wildman–Crippen LogP) is 4.13. The lowest BCUT2D eigenvalue weighted by atomic mass is 10.3. The zero-order valence-corrected chi connectivity index (χ0v) is 18.5. The smallest absolute Gasteiger partial charge is 0.233 e. The zero-order chi connectivity index (χ0) is 19.3. The van der Waals surface area contributed by atoms with Gasteiger partial charge >= 0.3 is 0 Å². The summed E-state index contributed by atoms with van der Waals surface area (Å²) in [6.07, 6.45) is 3.71. The Balaban J connectivity index is 1.29. The molecule has 28 heavy (non-hydrogen) atoms. The summed E-state index contributed by atoms with van der Waals surface area (Å²) in [5.41, 5.74) is 1.04. The van der Waals surface area contributed by atoms with E-state index in [2.05, 4.69) is 43.3 Å². The topological polar surface area (TPSA) is 41.4 Å². The second kappa shape index (κ2) is 9.26. The first kappa shape index (κ1) is 19.7. The molecule has 0 aliphatic carbocycles. The van der Waals surface area contributed by atoms with E-state index in [4.69, 9.17) is 0 Å². The van der Waals surface area contributed by atoms with E-state index in [0.717, 1.165) is 48.0 Å². The first-order valence-corrected chi connectivity index (χ1v) is 11.8. The maximum atomic E-state index is 12.7. The lowest BCUT2D eigenvalue weighted by Gasteiger charge is -2.34. The summed E-state index contributed by atoms with van der Waals surface area (Å²) in [7, 11) is 0. The number of nitrogens with zero attached hydrogens (tertiary/aromatic N) is 4. The van der Waals surface area contributed by atoms with Crippen molar-refractivity contribution >= 4 is 44.9 Å². The van der Waals surface area contributed by atoms with Crippen LogP contribution in [-0.2, 0) is 11.3 Å². The second-order valence-electron chi connectivity index (χ2n) is 6.58. The van der Waals surface area contributed by atoms with Gasteiger partial charge in [0.25, 0.3) is 0 Å². The summed E-state index contributed by atoms with van der Waals surface area (Å²) >= 11 is 6.75. The van der Waals surface area contributed by atoms with Gasteiger partial charge in [-0.15, -0.1) is 11.3 Å². The number of piperazine rings is 1. The van der Waals surface area contributed by atoms with Crippen LogP contribution >= 0.6 is 39.0 Å². The number of carbonyl (C=O) groups excluding carboxylic acids is 1. The van der Waals surface area contributed by atoms with Crippen LogP contribution in [0.4, 0.5) is 0 Å². The molecule has 0 spiro atoms. The Hall–Kier alpha value is -1.61. The Bertz CT molecular complexity index is 903. The SMILES string of the molecule is O=C(CSc1nccn1-c1ccc(Br)cc1)N1CCN(Cc2cccs2)CC1. The van der Waals surface area contributed by atoms with Crippen LogP contribution in [0.25, 0.3) is 5.69 Å². The van der Waals surface area contributed by atoms with E-state index in [1.54, 1.807) is 17.5 Å². The Morgan fingerprint density at radius 1 is 1.14 bits per heavy atom. The molecule has 0 N–H and O–H groups in total. The van der Waals surface area contributed by atoms with Crippen LogP contribution in [0.5, 0.6) is 0 Å². The number of thiophene rings is 1. The average Bonchev–Trinajstić information content (AvgIpc) is 3.39. The number of imidazole rings is 1. The summed E-state index contributed by atoms with van der Waals surface area (Å²) in [6, 6.07) is 12.3. The molecule has 1 fully saturated rings. The molecule has 1 amide bonds. The van der Waals surface area contributed by atoms with Crippen molar-refractivity contribution in [2.75, 3.05) is 31.9 Å². The number of hydrogen-bond acceptors (Lipinski definition) is 5. The average molecular weight is 477 g/mol. The Labute approximate surface area is 181 Å². The van der Waals surface area contributed by atoms with E-state index in [1.807, 2.05) is 39.9 Å². The van der Waals surface area contributed by atoms with Gasteiger partial charge in [0.15, 0.2) is 5.16 Å². The highest BCUT2D eigenvalue weighted by Crippen LogP contribution is 2.22. The van der Waals surface area contributed by atoms with E-state index in [-0.39, 0.29) is 5.91 Å². The number of aromatic nitrogens is 2. The molecule has 0 bridgehead atoms. The highest BCUT2D eigenvalue weighted by molar-refractivity contribution is 9.10. The third-order valence-corrected chi connectivity index (χ3v) is 7.06. The molecule has 2 aromatic heterocycles. The number of hydrogen-bond donors (Lipinski definition) is 0. The van der Waals surface area contributed by atoms with Crippen LogP contribution in [0.2, 0.25) is 0 Å². The molecule has 0 unspecified atom stereocenters. The lowest BCUT2D eigenvalue weighted by Crippen LogP contribution is -2.48. The monoisotopic (exact) mass is 476 g/mol. The minimum atomic E-state index is 0.186. The standard InChI is InChI=1S/C20H21BrN4OS2/c21-16-3-5-17(6-4-16)25-8-7-22-20(25)28-15-19(26)24-11-9-23(10-12-24)14-18-2-1-13-27-18/h1-8,13H,9-12,14-15H2. The van der Waals surface area contributed by atoms with Crippen molar-refractivity contribution in [1.82, 2.24) is 19.4 Å². The van der Waals surface area contributed by atoms with Gasteiger partial charge in [-0.25, -0.2) is 4.98 Å². The summed E-state index contributed by atoms with van der Waals surface area (Å²) in [5, 5.41) is 2.96. The quantitative estimate of drug-likeness (QED) is 0.501. The van der Waals surface area contributed by atoms with Gasteiger partial charge in [0.05, 0.1) is 5.75 Å². The summed E-state index contributed by atoms with van der Waals surface area (Å²) < 4.78 is 3.06. The Morgan fingerprint density at radius 2 is 1.93 bits per heavy atom. The predicted molar refractivity (Wildman–Crippen MR) is 118 cm³/mol. The maximum absolute atomic E-state index is 12.7. The molecule has 1 saturated heterocycles. The molecular weight excluding hydrogens is 456 g/mol. The van der Waals surface area contributed by atoms with E-state index in [0.29, 0.717) is 5.75 Å². The minimum Gasteiger partial charge on any atom is -0.339 e. The van der Waals surface area contributed by atoms with Crippen molar-refractivity contribution in [1.29, 1.82) is 0 Å². The molecule has 0 saturated carbocycles. The van der Waals surface area contributed by atoms with Gasteiger partial charge in [-0.2, -0.15) is 0 Å². The van der Waals surface area contributed by atoms with Crippen LogP contribution in [0.3, 0.4) is 0 Å². The van der Waals surface area contributed by atoms with Crippen molar-refractivity contribution in [3.8, 4) is 5.69 Å². The van der Waals surface area contributed by atoms with Crippen LogP contribution < -0.4 is 0 Å². The van der Waals surface area contributed by atoms with Crippen molar-refractivity contribution in [3.05, 3.63) is 63.5 Å². The number of benzene rings is 1. The largest absolute Gasteiger partial charge is 0.339 e. The van der Waals surface area contributed by atoms with Gasteiger partial charge < -0.3 is 4.90 Å². The zero-order valence-electron chi connectivity index (χ0n) is 15.3. The Morgan fingerprint density at radius 3 is 2.64 bits per heavy atom. The van der Waals surface area contributed by atoms with Gasteiger partial charge in [-0.05, 0) is 35.7 Å². The molecule has 0 atom stereocenters. The van der Waals surface area contributed by atoms with E-state index in [1.165, 1.54) is 16.6 Å². The van der Waals surface area contributed by atoms with Crippen LogP contribution in [-0.4, -0.2) is 57.2 Å². The third kappa shape index (κ3) is 4.86. The molecule has 1 aliphatic rings. The van der Waals surface area contributed by atoms with E-state index < -0.39 is 0 Å². The number of halogens is 1. The number of carbonyl (C=O) groups is 1. The van der Waals surface area contributed by atoms with E-state index in [9.17, 15) is 4.79 Å². The van der Waals surface area contributed by atoms with Gasteiger partial charge in [0, 0.05) is 60.2 Å². The maximum Gasteiger partial charge on any atom is 0.233 e. The molecule has 1 aromatic carbocycles. The van der Waals surface area contributed by atoms with Gasteiger partial charge in [-0.1, -0.05) is 33.8 Å². The molecule has 3 aromatic rings. The molecule has 4 rings (SSSR count). The van der Waals surface area contributed by atoms with Gasteiger partial charge in [-0.3, -0.25) is 14.3 Å². The Kier molecular flexibility index (Phi) is 6.51. The summed E-state index contributed by atoms with van der Waals surface area (Å²) in [5.74, 6) is 0.601. The van der Waals surface area contributed by atoms with Crippen molar-refractivity contribution in [3.63, 3.8) is 0 Å². The normalized spacial score (nSPS) is 15.1. The number of rotatable bonds is 6. The fourth-order valence-electron chi connectivity index (χ4n) is 3.19. The molecule has 5 nitrogen and oxygen atoms in total. The summed E-state index contributed by atoms with van der Waals surface area (Å²) in [4.78, 5) is 22.9. The molecule has 1 aliphatic heterocycles. The highest BCUT2D eigenvalue weighted by atomic mass is 79.9. The minimum absolute atomic E-state index is 0.186. The second-order valence-corrected chi connectivity index (χ2v) is 9.47. The molecular formula is C20H21BrN4OS2. The molecule has 3 heterocycles. The molecule has 146 valence electrons.